The summed E-state index contributed by atoms with van der Waals surface area (Å²) < 4.78 is 13.9. The average molecular weight is 276 g/mol. The molecule has 3 unspecified atom stereocenters. The van der Waals surface area contributed by atoms with Crippen LogP contribution in [0.15, 0.2) is 18.2 Å². The van der Waals surface area contributed by atoms with E-state index in [0.29, 0.717) is 18.0 Å². The summed E-state index contributed by atoms with van der Waals surface area (Å²) in [7, 11) is 0. The summed E-state index contributed by atoms with van der Waals surface area (Å²) >= 11 is 0. The number of benzene rings is 1. The first-order valence-corrected chi connectivity index (χ1v) is 7.99. The molecule has 1 saturated carbocycles. The van der Waals surface area contributed by atoms with Gasteiger partial charge in [0.15, 0.2) is 0 Å². The lowest BCUT2D eigenvalue weighted by molar-refractivity contribution is 0.114. The Morgan fingerprint density at radius 3 is 2.90 bits per heavy atom. The molecule has 0 aromatic heterocycles. The van der Waals surface area contributed by atoms with Crippen LogP contribution in [0.5, 0.6) is 0 Å². The lowest BCUT2D eigenvalue weighted by Crippen LogP contribution is -2.42. The van der Waals surface area contributed by atoms with Gasteiger partial charge in [-0.1, -0.05) is 25.5 Å². The van der Waals surface area contributed by atoms with Gasteiger partial charge in [0.2, 0.25) is 0 Å². The van der Waals surface area contributed by atoms with Crippen LogP contribution in [0.4, 0.5) is 4.39 Å². The zero-order chi connectivity index (χ0) is 14.1. The molecule has 0 spiro atoms. The monoisotopic (exact) mass is 276 g/mol. The Kier molecular flexibility index (Phi) is 4.08. The van der Waals surface area contributed by atoms with E-state index in [1.807, 2.05) is 6.07 Å². The number of fused-ring (bicyclic) bond motifs is 1. The molecule has 20 heavy (non-hydrogen) atoms. The SMILES string of the molecule is CCN(C1CCc2c(F)cccc21)C1CCCC1CN. The normalized spacial score (nSPS) is 29.1. The number of halogens is 1. The largest absolute Gasteiger partial charge is 0.330 e. The molecule has 2 nitrogen and oxygen atoms in total. The second-order valence-electron chi connectivity index (χ2n) is 6.19. The van der Waals surface area contributed by atoms with Crippen LogP contribution in [-0.4, -0.2) is 24.0 Å². The maximum atomic E-state index is 13.9. The topological polar surface area (TPSA) is 29.3 Å². The molecule has 3 heteroatoms. The predicted molar refractivity (Wildman–Crippen MR) is 80.0 cm³/mol. The van der Waals surface area contributed by atoms with Gasteiger partial charge >= 0.3 is 0 Å². The fraction of sp³-hybridized carbons (Fsp3) is 0.647. The van der Waals surface area contributed by atoms with Crippen LogP contribution < -0.4 is 5.73 Å². The van der Waals surface area contributed by atoms with Gasteiger partial charge in [-0.2, -0.15) is 0 Å². The summed E-state index contributed by atoms with van der Waals surface area (Å²) in [6, 6.07) is 6.54. The molecular formula is C17H25FN2. The first kappa shape index (κ1) is 14.0. The molecule has 0 aliphatic heterocycles. The van der Waals surface area contributed by atoms with E-state index >= 15 is 0 Å². The highest BCUT2D eigenvalue weighted by atomic mass is 19.1. The smallest absolute Gasteiger partial charge is 0.126 e. The van der Waals surface area contributed by atoms with Crippen molar-refractivity contribution in [3.8, 4) is 0 Å². The fourth-order valence-corrected chi connectivity index (χ4v) is 4.35. The van der Waals surface area contributed by atoms with Crippen molar-refractivity contribution in [2.24, 2.45) is 11.7 Å². The second-order valence-corrected chi connectivity index (χ2v) is 6.19. The highest BCUT2D eigenvalue weighted by molar-refractivity contribution is 5.35. The van der Waals surface area contributed by atoms with E-state index in [4.69, 9.17) is 5.73 Å². The first-order chi connectivity index (χ1) is 9.76. The van der Waals surface area contributed by atoms with Crippen molar-refractivity contribution in [3.63, 3.8) is 0 Å². The molecule has 2 N–H and O–H groups in total. The Morgan fingerprint density at radius 1 is 1.30 bits per heavy atom. The van der Waals surface area contributed by atoms with E-state index in [0.717, 1.165) is 31.5 Å². The number of hydrogen-bond donors (Lipinski definition) is 1. The number of hydrogen-bond acceptors (Lipinski definition) is 2. The van der Waals surface area contributed by atoms with Crippen molar-refractivity contribution in [3.05, 3.63) is 35.1 Å². The maximum absolute atomic E-state index is 13.9. The van der Waals surface area contributed by atoms with E-state index < -0.39 is 0 Å². The van der Waals surface area contributed by atoms with Gasteiger partial charge in [-0.25, -0.2) is 4.39 Å². The van der Waals surface area contributed by atoms with Crippen LogP contribution in [0.1, 0.15) is 49.8 Å². The molecule has 0 amide bonds. The summed E-state index contributed by atoms with van der Waals surface area (Å²) in [4.78, 5) is 2.59. The maximum Gasteiger partial charge on any atom is 0.126 e. The molecule has 2 aliphatic carbocycles. The average Bonchev–Trinajstić information content (AvgIpc) is 3.08. The Bertz CT molecular complexity index is 474. The summed E-state index contributed by atoms with van der Waals surface area (Å²) in [5, 5.41) is 0. The Morgan fingerprint density at radius 2 is 2.15 bits per heavy atom. The summed E-state index contributed by atoms with van der Waals surface area (Å²) in [5.74, 6) is 0.593. The molecule has 0 radical (unpaired) electrons. The zero-order valence-corrected chi connectivity index (χ0v) is 12.3. The molecule has 0 heterocycles. The molecule has 1 aromatic rings. The van der Waals surface area contributed by atoms with E-state index in [9.17, 15) is 4.39 Å². The Labute approximate surface area is 121 Å². The lowest BCUT2D eigenvalue weighted by Gasteiger charge is -2.37. The summed E-state index contributed by atoms with van der Waals surface area (Å²) in [6.07, 6.45) is 5.71. The van der Waals surface area contributed by atoms with E-state index in [1.54, 1.807) is 6.07 Å². The van der Waals surface area contributed by atoms with E-state index in [2.05, 4.69) is 17.9 Å². The third-order valence-electron chi connectivity index (χ3n) is 5.30. The number of nitrogens with two attached hydrogens (primary N) is 1. The summed E-state index contributed by atoms with van der Waals surface area (Å²) in [5.41, 5.74) is 8.11. The lowest BCUT2D eigenvalue weighted by atomic mass is 9.98. The molecule has 1 aromatic carbocycles. The standard InChI is InChI=1S/C17H25FN2/c1-2-20(16-8-3-5-12(16)11-19)17-10-9-13-14(17)6-4-7-15(13)18/h4,6-7,12,16-17H,2-3,5,8-11,19H2,1H3. The molecule has 0 saturated heterocycles. The highest BCUT2D eigenvalue weighted by Crippen LogP contribution is 2.41. The second kappa shape index (κ2) is 5.82. The van der Waals surface area contributed by atoms with Crippen molar-refractivity contribution in [1.82, 2.24) is 4.90 Å². The van der Waals surface area contributed by atoms with Crippen LogP contribution in [0.3, 0.4) is 0 Å². The Balaban J connectivity index is 1.87. The molecule has 3 rings (SSSR count). The quantitative estimate of drug-likeness (QED) is 0.914. The van der Waals surface area contributed by atoms with Crippen molar-refractivity contribution >= 4 is 0 Å². The minimum Gasteiger partial charge on any atom is -0.330 e. The van der Waals surface area contributed by atoms with Gasteiger partial charge in [-0.05, 0) is 61.9 Å². The van der Waals surface area contributed by atoms with Gasteiger partial charge in [0, 0.05) is 12.1 Å². The van der Waals surface area contributed by atoms with Crippen molar-refractivity contribution < 1.29 is 4.39 Å². The molecule has 110 valence electrons. The Hall–Kier alpha value is -0.930. The van der Waals surface area contributed by atoms with Gasteiger partial charge in [0.1, 0.15) is 5.82 Å². The van der Waals surface area contributed by atoms with E-state index in [-0.39, 0.29) is 5.82 Å². The van der Waals surface area contributed by atoms with Crippen molar-refractivity contribution in [2.75, 3.05) is 13.1 Å². The third kappa shape index (κ3) is 2.27. The fourth-order valence-electron chi connectivity index (χ4n) is 4.35. The highest BCUT2D eigenvalue weighted by Gasteiger charge is 2.37. The third-order valence-corrected chi connectivity index (χ3v) is 5.30. The van der Waals surface area contributed by atoms with Crippen LogP contribution >= 0.6 is 0 Å². The predicted octanol–water partition coefficient (Wildman–Crippen LogP) is 3.26. The molecule has 0 bridgehead atoms. The van der Waals surface area contributed by atoms with Gasteiger partial charge in [0.05, 0.1) is 0 Å². The van der Waals surface area contributed by atoms with E-state index in [1.165, 1.54) is 24.8 Å². The molecular weight excluding hydrogens is 251 g/mol. The van der Waals surface area contributed by atoms with Gasteiger partial charge in [-0.15, -0.1) is 0 Å². The van der Waals surface area contributed by atoms with Gasteiger partial charge in [-0.3, -0.25) is 4.90 Å². The van der Waals surface area contributed by atoms with Crippen LogP contribution in [0.2, 0.25) is 0 Å². The van der Waals surface area contributed by atoms with Crippen LogP contribution in [0, 0.1) is 11.7 Å². The van der Waals surface area contributed by atoms with Crippen molar-refractivity contribution in [1.29, 1.82) is 0 Å². The zero-order valence-electron chi connectivity index (χ0n) is 12.3. The molecule has 1 fully saturated rings. The minimum absolute atomic E-state index is 0.0251. The molecule has 2 aliphatic rings. The van der Waals surface area contributed by atoms with Crippen LogP contribution in [-0.2, 0) is 6.42 Å². The van der Waals surface area contributed by atoms with Crippen molar-refractivity contribution in [2.45, 2.75) is 51.1 Å². The number of rotatable bonds is 4. The summed E-state index contributed by atoms with van der Waals surface area (Å²) in [6.45, 7) is 4.04. The molecule has 3 atom stereocenters. The minimum atomic E-state index is -0.0251. The van der Waals surface area contributed by atoms with Crippen LogP contribution in [0.25, 0.3) is 0 Å². The first-order valence-electron chi connectivity index (χ1n) is 7.99. The van der Waals surface area contributed by atoms with Gasteiger partial charge < -0.3 is 5.73 Å². The number of nitrogens with zero attached hydrogens (tertiary/aromatic N) is 1. The van der Waals surface area contributed by atoms with Gasteiger partial charge in [0.25, 0.3) is 0 Å².